The van der Waals surface area contributed by atoms with Gasteiger partial charge in [0, 0.05) is 0 Å². The lowest BCUT2D eigenvalue weighted by Crippen LogP contribution is -2.54. The zero-order chi connectivity index (χ0) is 7.45. The van der Waals surface area contributed by atoms with Crippen LogP contribution in [0.15, 0.2) is 0 Å². The second kappa shape index (κ2) is 3.35. The Morgan fingerprint density at radius 1 is 0.900 bits per heavy atom. The monoisotopic (exact) mass is 142 g/mol. The molecular weight excluding hydrogens is 124 g/mol. The van der Waals surface area contributed by atoms with Crippen LogP contribution in [-0.2, 0) is 0 Å². The summed E-state index contributed by atoms with van der Waals surface area (Å²) in [5, 5.41) is 6.71. The summed E-state index contributed by atoms with van der Waals surface area (Å²) in [6.07, 6.45) is 6.69. The van der Waals surface area contributed by atoms with Crippen molar-refractivity contribution >= 4 is 0 Å². The molecule has 2 nitrogen and oxygen atoms in total. The van der Waals surface area contributed by atoms with Crippen LogP contribution in [0.25, 0.3) is 0 Å². The van der Waals surface area contributed by atoms with Crippen molar-refractivity contribution in [1.29, 1.82) is 0 Å². The maximum atomic E-state index is 3.36. The Morgan fingerprint density at radius 2 is 1.40 bits per heavy atom. The summed E-state index contributed by atoms with van der Waals surface area (Å²) >= 11 is 0. The third-order valence-electron chi connectivity index (χ3n) is 2.66. The van der Waals surface area contributed by atoms with Crippen molar-refractivity contribution in [3.8, 4) is 0 Å². The van der Waals surface area contributed by atoms with Crippen LogP contribution in [0.3, 0.4) is 0 Å². The molecule has 2 N–H and O–H groups in total. The molecule has 1 rings (SSSR count). The lowest BCUT2D eigenvalue weighted by Gasteiger charge is -2.36. The lowest BCUT2D eigenvalue weighted by molar-refractivity contribution is 0.208. The smallest absolute Gasteiger partial charge is 0.0682 e. The Bertz CT molecular complexity index is 89.4. The number of rotatable bonds is 2. The van der Waals surface area contributed by atoms with E-state index in [2.05, 4.69) is 10.6 Å². The van der Waals surface area contributed by atoms with Gasteiger partial charge in [-0.05, 0) is 26.9 Å². The zero-order valence-electron chi connectivity index (χ0n) is 7.04. The Morgan fingerprint density at radius 3 is 1.70 bits per heavy atom. The number of nitrogens with one attached hydrogen (secondary N) is 2. The highest BCUT2D eigenvalue weighted by molar-refractivity contribution is 4.85. The van der Waals surface area contributed by atoms with Gasteiger partial charge in [0.05, 0.1) is 5.66 Å². The van der Waals surface area contributed by atoms with E-state index in [1.54, 1.807) is 0 Å². The van der Waals surface area contributed by atoms with Gasteiger partial charge in [0.25, 0.3) is 0 Å². The van der Waals surface area contributed by atoms with Crippen molar-refractivity contribution in [3.05, 3.63) is 0 Å². The van der Waals surface area contributed by atoms with Crippen molar-refractivity contribution in [2.75, 3.05) is 14.1 Å². The third kappa shape index (κ3) is 1.50. The van der Waals surface area contributed by atoms with E-state index in [1.807, 2.05) is 14.1 Å². The van der Waals surface area contributed by atoms with Gasteiger partial charge >= 0.3 is 0 Å². The van der Waals surface area contributed by atoms with E-state index in [0.717, 1.165) is 0 Å². The second-order valence-corrected chi connectivity index (χ2v) is 3.14. The molecule has 10 heavy (non-hydrogen) atoms. The average molecular weight is 142 g/mol. The van der Waals surface area contributed by atoms with E-state index in [9.17, 15) is 0 Å². The molecule has 0 spiro atoms. The molecule has 0 aromatic carbocycles. The SMILES string of the molecule is CNC1(NC)CCCCC1. The minimum atomic E-state index is 0.262. The predicted octanol–water partition coefficient (Wildman–Crippen LogP) is 1.09. The van der Waals surface area contributed by atoms with Crippen molar-refractivity contribution in [1.82, 2.24) is 10.6 Å². The zero-order valence-corrected chi connectivity index (χ0v) is 7.04. The highest BCUT2D eigenvalue weighted by atomic mass is 15.2. The van der Waals surface area contributed by atoms with Gasteiger partial charge in [0.1, 0.15) is 0 Å². The summed E-state index contributed by atoms with van der Waals surface area (Å²) in [6, 6.07) is 0. The van der Waals surface area contributed by atoms with Crippen molar-refractivity contribution in [2.45, 2.75) is 37.8 Å². The molecule has 1 aliphatic rings. The van der Waals surface area contributed by atoms with E-state index < -0.39 is 0 Å². The summed E-state index contributed by atoms with van der Waals surface area (Å²) in [5.41, 5.74) is 0.262. The van der Waals surface area contributed by atoms with E-state index in [4.69, 9.17) is 0 Å². The van der Waals surface area contributed by atoms with Gasteiger partial charge in [-0.3, -0.25) is 0 Å². The van der Waals surface area contributed by atoms with Gasteiger partial charge < -0.3 is 10.6 Å². The quantitative estimate of drug-likeness (QED) is 0.564. The fourth-order valence-electron chi connectivity index (χ4n) is 1.78. The third-order valence-corrected chi connectivity index (χ3v) is 2.66. The molecule has 1 aliphatic carbocycles. The molecule has 2 heteroatoms. The average Bonchev–Trinajstić information content (AvgIpc) is 2.06. The first-order chi connectivity index (χ1) is 4.83. The van der Waals surface area contributed by atoms with Crippen molar-refractivity contribution in [2.24, 2.45) is 0 Å². The van der Waals surface area contributed by atoms with Gasteiger partial charge in [0.15, 0.2) is 0 Å². The molecule has 0 saturated heterocycles. The van der Waals surface area contributed by atoms with Crippen molar-refractivity contribution in [3.63, 3.8) is 0 Å². The molecule has 0 atom stereocenters. The molecule has 0 unspecified atom stereocenters. The summed E-state index contributed by atoms with van der Waals surface area (Å²) < 4.78 is 0. The minimum Gasteiger partial charge on any atom is -0.302 e. The number of hydrogen-bond acceptors (Lipinski definition) is 2. The first-order valence-electron chi connectivity index (χ1n) is 4.21. The van der Waals surface area contributed by atoms with Crippen LogP contribution in [0, 0.1) is 0 Å². The van der Waals surface area contributed by atoms with Gasteiger partial charge in [-0.2, -0.15) is 0 Å². The predicted molar refractivity (Wildman–Crippen MR) is 43.9 cm³/mol. The van der Waals surface area contributed by atoms with Crippen LogP contribution >= 0.6 is 0 Å². The lowest BCUT2D eigenvalue weighted by atomic mass is 9.89. The molecule has 0 aliphatic heterocycles. The molecule has 0 heterocycles. The topological polar surface area (TPSA) is 24.1 Å². The van der Waals surface area contributed by atoms with E-state index in [0.29, 0.717) is 0 Å². The van der Waals surface area contributed by atoms with Crippen LogP contribution in [0.5, 0.6) is 0 Å². The van der Waals surface area contributed by atoms with Crippen LogP contribution in [0.4, 0.5) is 0 Å². The molecule has 1 fully saturated rings. The molecule has 0 amide bonds. The van der Waals surface area contributed by atoms with E-state index in [-0.39, 0.29) is 5.66 Å². The maximum Gasteiger partial charge on any atom is 0.0682 e. The van der Waals surface area contributed by atoms with E-state index >= 15 is 0 Å². The highest BCUT2D eigenvalue weighted by Gasteiger charge is 2.27. The fraction of sp³-hybridized carbons (Fsp3) is 1.00. The first-order valence-corrected chi connectivity index (χ1v) is 4.21. The first kappa shape index (κ1) is 8.02. The van der Waals surface area contributed by atoms with Crippen molar-refractivity contribution < 1.29 is 0 Å². The standard InChI is InChI=1S/C8H18N2/c1-9-8(10-2)6-4-3-5-7-8/h9-10H,3-7H2,1-2H3. The molecule has 60 valence electrons. The van der Waals surface area contributed by atoms with Gasteiger partial charge in [-0.15, -0.1) is 0 Å². The molecule has 0 radical (unpaired) electrons. The molecule has 0 aromatic heterocycles. The van der Waals surface area contributed by atoms with E-state index in [1.165, 1.54) is 32.1 Å². The fourth-order valence-corrected chi connectivity index (χ4v) is 1.78. The summed E-state index contributed by atoms with van der Waals surface area (Å²) in [7, 11) is 4.09. The Hall–Kier alpha value is -0.0800. The van der Waals surface area contributed by atoms with Crippen LogP contribution in [0.1, 0.15) is 32.1 Å². The molecular formula is C8H18N2. The van der Waals surface area contributed by atoms with Gasteiger partial charge in [-0.25, -0.2) is 0 Å². The Balaban J connectivity index is 2.44. The second-order valence-electron chi connectivity index (χ2n) is 3.14. The molecule has 0 aromatic rings. The molecule has 1 saturated carbocycles. The summed E-state index contributed by atoms with van der Waals surface area (Å²) in [4.78, 5) is 0. The van der Waals surface area contributed by atoms with Gasteiger partial charge in [0.2, 0.25) is 0 Å². The largest absolute Gasteiger partial charge is 0.302 e. The Kier molecular flexibility index (Phi) is 2.69. The number of hydrogen-bond donors (Lipinski definition) is 2. The maximum absolute atomic E-state index is 3.36. The van der Waals surface area contributed by atoms with Gasteiger partial charge in [-0.1, -0.05) is 19.3 Å². The Labute approximate surface area is 63.4 Å². The summed E-state index contributed by atoms with van der Waals surface area (Å²) in [6.45, 7) is 0. The highest BCUT2D eigenvalue weighted by Crippen LogP contribution is 2.24. The van der Waals surface area contributed by atoms with Crippen LogP contribution < -0.4 is 10.6 Å². The minimum absolute atomic E-state index is 0.262. The summed E-state index contributed by atoms with van der Waals surface area (Å²) in [5.74, 6) is 0. The van der Waals surface area contributed by atoms with Crippen LogP contribution in [0.2, 0.25) is 0 Å². The molecule has 0 bridgehead atoms. The van der Waals surface area contributed by atoms with Crippen LogP contribution in [-0.4, -0.2) is 19.8 Å². The normalized spacial score (nSPS) is 24.6.